The molecule has 0 spiro atoms. The highest BCUT2D eigenvalue weighted by Crippen LogP contribution is 2.33. The van der Waals surface area contributed by atoms with E-state index in [2.05, 4.69) is 31.3 Å². The molecule has 19 heavy (non-hydrogen) atoms. The Bertz CT molecular complexity index is 442. The molecule has 2 atom stereocenters. The fourth-order valence-corrected chi connectivity index (χ4v) is 2.72. The second kappa shape index (κ2) is 6.09. The van der Waals surface area contributed by atoms with Crippen LogP contribution in [0.4, 0.5) is 5.69 Å². The number of esters is 1. The van der Waals surface area contributed by atoms with Gasteiger partial charge in [0.1, 0.15) is 0 Å². The predicted octanol–water partition coefficient (Wildman–Crippen LogP) is 3.56. The van der Waals surface area contributed by atoms with Crippen LogP contribution in [-0.2, 0) is 9.53 Å². The van der Waals surface area contributed by atoms with Gasteiger partial charge in [-0.25, -0.2) is 0 Å². The standard InChI is InChI=1S/C16H23NO2/c1-11(2)8-12(3)19-16(18)9-13-10-17-15-7-5-4-6-14(13)15/h4-7,11-13,17H,8-10H2,1-3H3. The molecule has 0 aromatic heterocycles. The van der Waals surface area contributed by atoms with Crippen LogP contribution in [0.15, 0.2) is 24.3 Å². The maximum atomic E-state index is 12.0. The first-order valence-electron chi connectivity index (χ1n) is 7.08. The third-order valence-electron chi connectivity index (χ3n) is 3.49. The second-order valence-corrected chi connectivity index (χ2v) is 5.80. The molecule has 2 rings (SSSR count). The molecule has 0 fully saturated rings. The van der Waals surface area contributed by atoms with Crippen molar-refractivity contribution in [3.05, 3.63) is 29.8 Å². The van der Waals surface area contributed by atoms with E-state index in [0.717, 1.165) is 18.7 Å². The van der Waals surface area contributed by atoms with Crippen LogP contribution in [0.5, 0.6) is 0 Å². The van der Waals surface area contributed by atoms with Crippen molar-refractivity contribution in [1.29, 1.82) is 0 Å². The number of fused-ring (bicyclic) bond motifs is 1. The first-order valence-corrected chi connectivity index (χ1v) is 7.08. The van der Waals surface area contributed by atoms with Crippen molar-refractivity contribution in [3.8, 4) is 0 Å². The molecule has 1 aliphatic heterocycles. The monoisotopic (exact) mass is 261 g/mol. The predicted molar refractivity (Wildman–Crippen MR) is 77.3 cm³/mol. The average molecular weight is 261 g/mol. The Kier molecular flexibility index (Phi) is 4.46. The lowest BCUT2D eigenvalue weighted by molar-refractivity contribution is -0.149. The van der Waals surface area contributed by atoms with Gasteiger partial charge in [-0.3, -0.25) is 4.79 Å². The molecular weight excluding hydrogens is 238 g/mol. The van der Waals surface area contributed by atoms with Crippen LogP contribution in [0, 0.1) is 5.92 Å². The fourth-order valence-electron chi connectivity index (χ4n) is 2.72. The molecule has 0 amide bonds. The minimum absolute atomic E-state index is 0.0112. The lowest BCUT2D eigenvalue weighted by atomic mass is 9.98. The summed E-state index contributed by atoms with van der Waals surface area (Å²) in [4.78, 5) is 12.0. The maximum absolute atomic E-state index is 12.0. The SMILES string of the molecule is CC(C)CC(C)OC(=O)CC1CNc2ccccc21. The summed E-state index contributed by atoms with van der Waals surface area (Å²) < 4.78 is 5.47. The third-order valence-corrected chi connectivity index (χ3v) is 3.49. The molecule has 0 radical (unpaired) electrons. The maximum Gasteiger partial charge on any atom is 0.306 e. The number of carbonyl (C=O) groups is 1. The van der Waals surface area contributed by atoms with E-state index in [1.165, 1.54) is 5.56 Å². The van der Waals surface area contributed by atoms with Crippen LogP contribution in [0.1, 0.15) is 45.1 Å². The van der Waals surface area contributed by atoms with Crippen molar-refractivity contribution in [2.24, 2.45) is 5.92 Å². The molecule has 3 nitrogen and oxygen atoms in total. The Morgan fingerprint density at radius 1 is 1.37 bits per heavy atom. The molecule has 0 bridgehead atoms. The number of ether oxygens (including phenoxy) is 1. The number of hydrogen-bond acceptors (Lipinski definition) is 3. The molecule has 0 saturated carbocycles. The minimum atomic E-state index is -0.0864. The normalized spacial score (nSPS) is 18.8. The topological polar surface area (TPSA) is 38.3 Å². The van der Waals surface area contributed by atoms with Crippen molar-refractivity contribution in [2.75, 3.05) is 11.9 Å². The minimum Gasteiger partial charge on any atom is -0.463 e. The van der Waals surface area contributed by atoms with Crippen molar-refractivity contribution in [1.82, 2.24) is 0 Å². The van der Waals surface area contributed by atoms with Crippen molar-refractivity contribution in [2.45, 2.75) is 45.6 Å². The summed E-state index contributed by atoms with van der Waals surface area (Å²) >= 11 is 0. The van der Waals surface area contributed by atoms with Gasteiger partial charge in [-0.05, 0) is 30.9 Å². The molecule has 1 aromatic carbocycles. The van der Waals surface area contributed by atoms with Crippen LogP contribution in [0.3, 0.4) is 0 Å². The molecular formula is C16H23NO2. The van der Waals surface area contributed by atoms with E-state index in [4.69, 9.17) is 4.74 Å². The summed E-state index contributed by atoms with van der Waals surface area (Å²) in [6, 6.07) is 8.18. The van der Waals surface area contributed by atoms with Crippen LogP contribution in [0.25, 0.3) is 0 Å². The Morgan fingerprint density at radius 2 is 2.11 bits per heavy atom. The zero-order valence-corrected chi connectivity index (χ0v) is 12.0. The molecule has 0 aliphatic carbocycles. The van der Waals surface area contributed by atoms with E-state index in [1.807, 2.05) is 19.1 Å². The Labute approximate surface area is 115 Å². The van der Waals surface area contributed by atoms with Crippen molar-refractivity contribution in [3.63, 3.8) is 0 Å². The van der Waals surface area contributed by atoms with Gasteiger partial charge in [0, 0.05) is 18.2 Å². The first kappa shape index (κ1) is 13.9. The molecule has 1 aromatic rings. The smallest absolute Gasteiger partial charge is 0.306 e. The molecule has 1 heterocycles. The molecule has 3 heteroatoms. The van der Waals surface area contributed by atoms with E-state index in [-0.39, 0.29) is 18.0 Å². The first-order chi connectivity index (χ1) is 9.06. The van der Waals surface area contributed by atoms with Gasteiger partial charge < -0.3 is 10.1 Å². The quantitative estimate of drug-likeness (QED) is 0.824. The summed E-state index contributed by atoms with van der Waals surface area (Å²) in [6.45, 7) is 7.08. The molecule has 0 saturated heterocycles. The Balaban J connectivity index is 1.87. The number of benzene rings is 1. The fraction of sp³-hybridized carbons (Fsp3) is 0.562. The Morgan fingerprint density at radius 3 is 2.84 bits per heavy atom. The zero-order chi connectivity index (χ0) is 13.8. The molecule has 2 unspecified atom stereocenters. The molecule has 1 aliphatic rings. The lowest BCUT2D eigenvalue weighted by Gasteiger charge is -2.16. The number of hydrogen-bond donors (Lipinski definition) is 1. The molecule has 104 valence electrons. The second-order valence-electron chi connectivity index (χ2n) is 5.80. The summed E-state index contributed by atoms with van der Waals surface area (Å²) in [7, 11) is 0. The largest absolute Gasteiger partial charge is 0.463 e. The highest BCUT2D eigenvalue weighted by molar-refractivity contribution is 5.72. The van der Waals surface area contributed by atoms with Gasteiger partial charge in [-0.1, -0.05) is 32.0 Å². The van der Waals surface area contributed by atoms with E-state index in [9.17, 15) is 4.79 Å². The van der Waals surface area contributed by atoms with E-state index in [0.29, 0.717) is 12.3 Å². The van der Waals surface area contributed by atoms with Gasteiger partial charge in [-0.15, -0.1) is 0 Å². The Hall–Kier alpha value is -1.51. The van der Waals surface area contributed by atoms with Gasteiger partial charge in [-0.2, -0.15) is 0 Å². The lowest BCUT2D eigenvalue weighted by Crippen LogP contribution is -2.19. The van der Waals surface area contributed by atoms with Crippen LogP contribution >= 0.6 is 0 Å². The number of rotatable bonds is 5. The summed E-state index contributed by atoms with van der Waals surface area (Å²) in [5, 5.41) is 3.33. The summed E-state index contributed by atoms with van der Waals surface area (Å²) in [5.74, 6) is 0.711. The highest BCUT2D eigenvalue weighted by atomic mass is 16.5. The van der Waals surface area contributed by atoms with E-state index < -0.39 is 0 Å². The van der Waals surface area contributed by atoms with Crippen molar-refractivity contribution < 1.29 is 9.53 Å². The number of anilines is 1. The van der Waals surface area contributed by atoms with Crippen LogP contribution in [-0.4, -0.2) is 18.6 Å². The number of para-hydroxylation sites is 1. The van der Waals surface area contributed by atoms with Gasteiger partial charge in [0.05, 0.1) is 12.5 Å². The number of nitrogens with one attached hydrogen (secondary N) is 1. The van der Waals surface area contributed by atoms with Gasteiger partial charge in [0.2, 0.25) is 0 Å². The highest BCUT2D eigenvalue weighted by Gasteiger charge is 2.25. The van der Waals surface area contributed by atoms with Gasteiger partial charge in [0.25, 0.3) is 0 Å². The zero-order valence-electron chi connectivity index (χ0n) is 12.0. The molecule has 1 N–H and O–H groups in total. The average Bonchev–Trinajstić information content (AvgIpc) is 2.71. The van der Waals surface area contributed by atoms with Crippen LogP contribution < -0.4 is 5.32 Å². The van der Waals surface area contributed by atoms with Crippen molar-refractivity contribution >= 4 is 11.7 Å². The van der Waals surface area contributed by atoms with Gasteiger partial charge in [0.15, 0.2) is 0 Å². The summed E-state index contributed by atoms with van der Waals surface area (Å²) in [6.07, 6.45) is 1.40. The third kappa shape index (κ3) is 3.72. The summed E-state index contributed by atoms with van der Waals surface area (Å²) in [5.41, 5.74) is 2.38. The van der Waals surface area contributed by atoms with Crippen LogP contribution in [0.2, 0.25) is 0 Å². The van der Waals surface area contributed by atoms with Gasteiger partial charge >= 0.3 is 5.97 Å². The number of carbonyl (C=O) groups excluding carboxylic acids is 1. The van der Waals surface area contributed by atoms with E-state index >= 15 is 0 Å². The van der Waals surface area contributed by atoms with E-state index in [1.54, 1.807) is 0 Å².